The van der Waals surface area contributed by atoms with Gasteiger partial charge in [0.1, 0.15) is 5.82 Å². The van der Waals surface area contributed by atoms with E-state index in [0.29, 0.717) is 17.2 Å². The van der Waals surface area contributed by atoms with Crippen molar-refractivity contribution < 1.29 is 13.2 Å². The fourth-order valence-corrected chi connectivity index (χ4v) is 3.95. The Hall–Kier alpha value is -2.96. The average molecular weight is 400 g/mol. The van der Waals surface area contributed by atoms with Crippen LogP contribution in [0, 0.1) is 6.92 Å². The molecular formula is C22H23F3N4. The summed E-state index contributed by atoms with van der Waals surface area (Å²) in [7, 11) is 0. The number of hydrogen-bond donors (Lipinski definition) is 2. The molecule has 4 rings (SSSR count). The summed E-state index contributed by atoms with van der Waals surface area (Å²) in [5.41, 5.74) is 8.15. The molecular weight excluding hydrogens is 377 g/mol. The summed E-state index contributed by atoms with van der Waals surface area (Å²) in [6.45, 7) is 3.57. The number of nitrogens with zero attached hydrogens (tertiary/aromatic N) is 2. The van der Waals surface area contributed by atoms with Gasteiger partial charge in [-0.25, -0.2) is 4.98 Å². The van der Waals surface area contributed by atoms with Crippen molar-refractivity contribution in [1.82, 2.24) is 4.98 Å². The minimum Gasteiger partial charge on any atom is -0.398 e. The van der Waals surface area contributed by atoms with E-state index in [0.717, 1.165) is 60.4 Å². The number of benzene rings is 2. The Labute approximate surface area is 167 Å². The van der Waals surface area contributed by atoms with Gasteiger partial charge in [0.15, 0.2) is 0 Å². The number of piperidine rings is 1. The van der Waals surface area contributed by atoms with Crippen LogP contribution in [0.25, 0.3) is 10.8 Å². The lowest BCUT2D eigenvalue weighted by molar-refractivity contribution is -0.137. The smallest absolute Gasteiger partial charge is 0.398 e. The third-order valence-electron chi connectivity index (χ3n) is 5.41. The second-order valence-corrected chi connectivity index (χ2v) is 7.46. The molecule has 0 spiro atoms. The summed E-state index contributed by atoms with van der Waals surface area (Å²) in [6.07, 6.45) is 0.480. The largest absolute Gasteiger partial charge is 0.416 e. The number of aromatic nitrogens is 1. The first kappa shape index (κ1) is 19.4. The van der Waals surface area contributed by atoms with Crippen molar-refractivity contribution in [2.75, 3.05) is 29.0 Å². The first-order chi connectivity index (χ1) is 13.8. The van der Waals surface area contributed by atoms with Gasteiger partial charge in [-0.1, -0.05) is 12.1 Å². The van der Waals surface area contributed by atoms with Gasteiger partial charge in [0.25, 0.3) is 0 Å². The number of halogens is 3. The molecule has 3 N–H and O–H groups in total. The summed E-state index contributed by atoms with van der Waals surface area (Å²) in [5, 5.41) is 4.81. The third kappa shape index (κ3) is 3.81. The number of rotatable bonds is 3. The molecule has 0 aliphatic carbocycles. The van der Waals surface area contributed by atoms with E-state index < -0.39 is 11.7 Å². The number of alkyl halides is 3. The fraction of sp³-hybridized carbons (Fsp3) is 0.318. The van der Waals surface area contributed by atoms with Gasteiger partial charge in [-0.15, -0.1) is 0 Å². The molecule has 2 aromatic carbocycles. The standard InChI is InChI=1S/C22H23F3N4/c1-14-13-27-21(16-6-5-7-17(26)20(14)16)28-18-12-15(22(23,24)25)8-9-19(18)29-10-3-2-4-11-29/h5-9,12-13H,2-4,10-11,26H2,1H3,(H,27,28). The van der Waals surface area contributed by atoms with Crippen LogP contribution in [-0.4, -0.2) is 18.1 Å². The first-order valence-corrected chi connectivity index (χ1v) is 9.71. The Bertz CT molecular complexity index is 1030. The molecule has 0 bridgehead atoms. The average Bonchev–Trinajstić information content (AvgIpc) is 2.70. The molecule has 7 heteroatoms. The predicted octanol–water partition coefficient (Wildman–Crippen LogP) is 5.88. The van der Waals surface area contributed by atoms with Crippen LogP contribution in [0.1, 0.15) is 30.4 Å². The fourth-order valence-electron chi connectivity index (χ4n) is 3.95. The molecule has 1 saturated heterocycles. The Morgan fingerprint density at radius 1 is 1.07 bits per heavy atom. The highest BCUT2D eigenvalue weighted by Gasteiger charge is 2.31. The van der Waals surface area contributed by atoms with Crippen LogP contribution < -0.4 is 16.0 Å². The molecule has 1 aliphatic heterocycles. The number of nitrogens with two attached hydrogens (primary N) is 1. The summed E-state index contributed by atoms with van der Waals surface area (Å²) in [4.78, 5) is 6.59. The lowest BCUT2D eigenvalue weighted by Gasteiger charge is -2.31. The van der Waals surface area contributed by atoms with Crippen LogP contribution in [-0.2, 0) is 6.18 Å². The number of fused-ring (bicyclic) bond motifs is 1. The maximum atomic E-state index is 13.4. The molecule has 4 nitrogen and oxygen atoms in total. The third-order valence-corrected chi connectivity index (χ3v) is 5.41. The molecule has 2 heterocycles. The Balaban J connectivity index is 1.82. The van der Waals surface area contributed by atoms with Crippen molar-refractivity contribution in [1.29, 1.82) is 0 Å². The maximum Gasteiger partial charge on any atom is 0.416 e. The summed E-state index contributed by atoms with van der Waals surface area (Å²) in [5.74, 6) is 0.496. The van der Waals surface area contributed by atoms with Crippen molar-refractivity contribution in [2.45, 2.75) is 32.4 Å². The van der Waals surface area contributed by atoms with E-state index in [-0.39, 0.29) is 0 Å². The summed E-state index contributed by atoms with van der Waals surface area (Å²) in [6, 6.07) is 9.38. The van der Waals surface area contributed by atoms with Gasteiger partial charge in [0.2, 0.25) is 0 Å². The van der Waals surface area contributed by atoms with Crippen molar-refractivity contribution in [2.24, 2.45) is 0 Å². The second-order valence-electron chi connectivity index (χ2n) is 7.46. The van der Waals surface area contributed by atoms with E-state index in [2.05, 4.69) is 15.2 Å². The topological polar surface area (TPSA) is 54.2 Å². The van der Waals surface area contributed by atoms with Crippen LogP contribution >= 0.6 is 0 Å². The molecule has 0 radical (unpaired) electrons. The van der Waals surface area contributed by atoms with E-state index in [1.165, 1.54) is 6.07 Å². The molecule has 0 saturated carbocycles. The van der Waals surface area contributed by atoms with E-state index in [4.69, 9.17) is 5.73 Å². The quantitative estimate of drug-likeness (QED) is 0.539. The number of hydrogen-bond acceptors (Lipinski definition) is 4. The maximum absolute atomic E-state index is 13.4. The Kier molecular flexibility index (Phi) is 4.98. The number of anilines is 4. The van der Waals surface area contributed by atoms with Crippen LogP contribution in [0.4, 0.5) is 36.1 Å². The zero-order valence-corrected chi connectivity index (χ0v) is 16.2. The van der Waals surface area contributed by atoms with E-state index in [1.54, 1.807) is 12.3 Å². The van der Waals surface area contributed by atoms with Crippen LogP contribution in [0.5, 0.6) is 0 Å². The van der Waals surface area contributed by atoms with E-state index in [1.807, 2.05) is 25.1 Å². The number of nitrogen functional groups attached to an aromatic ring is 1. The molecule has 0 unspecified atom stereocenters. The van der Waals surface area contributed by atoms with Crippen LogP contribution in [0.2, 0.25) is 0 Å². The monoisotopic (exact) mass is 400 g/mol. The second kappa shape index (κ2) is 7.46. The molecule has 0 atom stereocenters. The highest BCUT2D eigenvalue weighted by molar-refractivity contribution is 6.02. The van der Waals surface area contributed by atoms with Gasteiger partial charge in [0.05, 0.1) is 16.9 Å². The van der Waals surface area contributed by atoms with Gasteiger partial charge in [-0.3, -0.25) is 0 Å². The van der Waals surface area contributed by atoms with Crippen molar-refractivity contribution >= 4 is 33.7 Å². The highest BCUT2D eigenvalue weighted by Crippen LogP contribution is 2.39. The van der Waals surface area contributed by atoms with E-state index in [9.17, 15) is 13.2 Å². The highest BCUT2D eigenvalue weighted by atomic mass is 19.4. The van der Waals surface area contributed by atoms with Gasteiger partial charge < -0.3 is 16.0 Å². The lowest BCUT2D eigenvalue weighted by atomic mass is 10.1. The Morgan fingerprint density at radius 3 is 2.55 bits per heavy atom. The number of nitrogens with one attached hydrogen (secondary N) is 1. The molecule has 0 amide bonds. The number of aryl methyl sites for hydroxylation is 1. The summed E-state index contributed by atoms with van der Waals surface area (Å²) < 4.78 is 40.1. The summed E-state index contributed by atoms with van der Waals surface area (Å²) >= 11 is 0. The van der Waals surface area contributed by atoms with Crippen molar-refractivity contribution in [3.63, 3.8) is 0 Å². The zero-order valence-electron chi connectivity index (χ0n) is 16.2. The predicted molar refractivity (Wildman–Crippen MR) is 112 cm³/mol. The van der Waals surface area contributed by atoms with Crippen molar-refractivity contribution in [3.05, 3.63) is 53.7 Å². The normalized spacial score (nSPS) is 15.0. The molecule has 1 aliphatic rings. The van der Waals surface area contributed by atoms with Gasteiger partial charge in [-0.05, 0) is 56.0 Å². The lowest BCUT2D eigenvalue weighted by Crippen LogP contribution is -2.30. The van der Waals surface area contributed by atoms with Crippen LogP contribution in [0.3, 0.4) is 0 Å². The molecule has 152 valence electrons. The Morgan fingerprint density at radius 2 is 1.83 bits per heavy atom. The number of pyridine rings is 1. The minimum atomic E-state index is -4.41. The first-order valence-electron chi connectivity index (χ1n) is 9.71. The minimum absolute atomic E-state index is 0.404. The van der Waals surface area contributed by atoms with Crippen molar-refractivity contribution in [3.8, 4) is 0 Å². The molecule has 29 heavy (non-hydrogen) atoms. The molecule has 3 aromatic rings. The van der Waals surface area contributed by atoms with Gasteiger partial charge >= 0.3 is 6.18 Å². The molecule has 1 fully saturated rings. The SMILES string of the molecule is Cc1cnc(Nc2cc(C(F)(F)F)ccc2N2CCCCC2)c2cccc(N)c12. The molecule has 1 aromatic heterocycles. The van der Waals surface area contributed by atoms with E-state index >= 15 is 0 Å². The zero-order chi connectivity index (χ0) is 20.6. The van der Waals surface area contributed by atoms with Gasteiger partial charge in [0, 0.05) is 35.7 Å². The van der Waals surface area contributed by atoms with Gasteiger partial charge in [-0.2, -0.15) is 13.2 Å². The van der Waals surface area contributed by atoms with Crippen LogP contribution in [0.15, 0.2) is 42.6 Å².